The highest BCUT2D eigenvalue weighted by Gasteiger charge is 2.41. The van der Waals surface area contributed by atoms with Crippen molar-refractivity contribution in [1.82, 2.24) is 24.5 Å². The van der Waals surface area contributed by atoms with Crippen LogP contribution in [0.15, 0.2) is 30.4 Å². The highest BCUT2D eigenvalue weighted by Crippen LogP contribution is 2.41. The van der Waals surface area contributed by atoms with E-state index in [1.54, 1.807) is 4.90 Å². The normalized spacial score (nSPS) is 19.5. The van der Waals surface area contributed by atoms with Crippen LogP contribution in [0.4, 0.5) is 19.0 Å². The van der Waals surface area contributed by atoms with Crippen LogP contribution in [0.25, 0.3) is 5.78 Å². The molecule has 1 N–H and O–H groups in total. The van der Waals surface area contributed by atoms with Crippen LogP contribution in [0.5, 0.6) is 0 Å². The number of nitrogens with zero attached hydrogens (tertiary/aromatic N) is 5. The fourth-order valence-corrected chi connectivity index (χ4v) is 4.88. The number of rotatable bonds is 6. The Morgan fingerprint density at radius 1 is 1.26 bits per heavy atom. The lowest BCUT2D eigenvalue weighted by Crippen LogP contribution is -2.41. The van der Waals surface area contributed by atoms with E-state index in [0.717, 1.165) is 28.7 Å². The topological polar surface area (TPSA) is 75.4 Å². The SMILES string of the molecule is C=C1CC(C(=O)N2Cc3c(NCc4cccc(C(F)F)c4F)nc4nnc(C(C)C)n4c3C2)C1C. The van der Waals surface area contributed by atoms with Gasteiger partial charge in [0.1, 0.15) is 17.5 Å². The van der Waals surface area contributed by atoms with E-state index in [4.69, 9.17) is 0 Å². The molecular weight excluding hydrogens is 457 g/mol. The second kappa shape index (κ2) is 8.66. The molecule has 1 aliphatic heterocycles. The molecule has 0 bridgehead atoms. The molecule has 1 saturated carbocycles. The molecule has 5 rings (SSSR count). The number of alkyl halides is 2. The predicted octanol–water partition coefficient (Wildman–Crippen LogP) is 4.99. The largest absolute Gasteiger partial charge is 0.365 e. The first-order valence-electron chi connectivity index (χ1n) is 11.7. The number of amides is 1. The Hall–Kier alpha value is -3.43. The summed E-state index contributed by atoms with van der Waals surface area (Å²) in [4.78, 5) is 19.7. The summed E-state index contributed by atoms with van der Waals surface area (Å²) in [5.74, 6) is 0.825. The Labute approximate surface area is 201 Å². The Morgan fingerprint density at radius 3 is 2.69 bits per heavy atom. The molecule has 0 saturated heterocycles. The molecule has 1 aliphatic carbocycles. The van der Waals surface area contributed by atoms with Crippen LogP contribution in [-0.2, 0) is 24.4 Å². The van der Waals surface area contributed by atoms with Gasteiger partial charge in [0.05, 0.1) is 24.3 Å². The summed E-state index contributed by atoms with van der Waals surface area (Å²) < 4.78 is 42.7. The second-order valence-corrected chi connectivity index (χ2v) is 9.66. The molecule has 2 atom stereocenters. The van der Waals surface area contributed by atoms with Crippen molar-refractivity contribution < 1.29 is 18.0 Å². The maximum Gasteiger partial charge on any atom is 0.266 e. The van der Waals surface area contributed by atoms with E-state index in [0.29, 0.717) is 31.1 Å². The van der Waals surface area contributed by atoms with Crippen LogP contribution in [0.3, 0.4) is 0 Å². The second-order valence-electron chi connectivity index (χ2n) is 9.66. The standard InChI is InChI=1S/C25H27F3N6O/c1-12(2)23-31-32-25-30-22(29-9-15-6-5-7-16(20(15)26)21(27)28)18-10-33(11-19(18)34(23)25)24(35)17-8-13(3)14(17)4/h5-7,12,14,17,21H,3,8-11H2,1-2,4H3,(H,29,30,32). The average Bonchev–Trinajstić information content (AvgIpc) is 3.45. The summed E-state index contributed by atoms with van der Waals surface area (Å²) in [6.07, 6.45) is -2.21. The quantitative estimate of drug-likeness (QED) is 0.499. The number of nitrogens with one attached hydrogen (secondary N) is 1. The van der Waals surface area contributed by atoms with Crippen molar-refractivity contribution in [2.24, 2.45) is 11.8 Å². The molecule has 2 unspecified atom stereocenters. The molecule has 2 aromatic heterocycles. The van der Waals surface area contributed by atoms with Gasteiger partial charge in [-0.15, -0.1) is 10.2 Å². The molecule has 1 amide bonds. The number of carbonyl (C=O) groups excluding carboxylic acids is 1. The number of hydrogen-bond donors (Lipinski definition) is 1. The van der Waals surface area contributed by atoms with Crippen LogP contribution < -0.4 is 5.32 Å². The first kappa shape index (κ1) is 23.3. The highest BCUT2D eigenvalue weighted by molar-refractivity contribution is 5.82. The zero-order valence-corrected chi connectivity index (χ0v) is 19.9. The lowest BCUT2D eigenvalue weighted by molar-refractivity contribution is -0.139. The molecule has 184 valence electrons. The van der Waals surface area contributed by atoms with Gasteiger partial charge in [-0.2, -0.15) is 4.98 Å². The summed E-state index contributed by atoms with van der Waals surface area (Å²) in [7, 11) is 0. The number of hydrogen-bond acceptors (Lipinski definition) is 5. The van der Waals surface area contributed by atoms with E-state index in [2.05, 4.69) is 27.1 Å². The van der Waals surface area contributed by atoms with Crippen LogP contribution in [0, 0.1) is 17.7 Å². The molecule has 0 radical (unpaired) electrons. The molecule has 3 heterocycles. The van der Waals surface area contributed by atoms with Crippen molar-refractivity contribution in [2.45, 2.75) is 59.2 Å². The molecule has 3 aromatic rings. The first-order valence-corrected chi connectivity index (χ1v) is 11.7. The molecule has 10 heteroatoms. The van der Waals surface area contributed by atoms with Crippen molar-refractivity contribution in [2.75, 3.05) is 5.32 Å². The smallest absolute Gasteiger partial charge is 0.266 e. The first-order chi connectivity index (χ1) is 16.7. The van der Waals surface area contributed by atoms with E-state index in [1.807, 2.05) is 25.2 Å². The van der Waals surface area contributed by atoms with Gasteiger partial charge < -0.3 is 10.2 Å². The monoisotopic (exact) mass is 484 g/mol. The third-order valence-electron chi connectivity index (χ3n) is 7.14. The fraction of sp³-hybridized carbons (Fsp3) is 0.440. The maximum atomic E-state index is 14.6. The van der Waals surface area contributed by atoms with Gasteiger partial charge in [0.25, 0.3) is 12.2 Å². The maximum absolute atomic E-state index is 14.6. The minimum Gasteiger partial charge on any atom is -0.365 e. The minimum absolute atomic E-state index is 0.0411. The Kier molecular flexibility index (Phi) is 5.77. The Bertz CT molecular complexity index is 1330. The summed E-state index contributed by atoms with van der Waals surface area (Å²) in [6, 6.07) is 3.94. The number of carbonyl (C=O) groups is 1. The molecule has 1 fully saturated rings. The van der Waals surface area contributed by atoms with Gasteiger partial charge in [-0.1, -0.05) is 51.1 Å². The number of anilines is 1. The molecule has 1 aromatic carbocycles. The minimum atomic E-state index is -2.90. The summed E-state index contributed by atoms with van der Waals surface area (Å²) in [6.45, 7) is 10.7. The molecule has 35 heavy (non-hydrogen) atoms. The van der Waals surface area contributed by atoms with Crippen LogP contribution >= 0.6 is 0 Å². The van der Waals surface area contributed by atoms with Gasteiger partial charge in [-0.05, 0) is 12.3 Å². The van der Waals surface area contributed by atoms with Crippen molar-refractivity contribution >= 4 is 17.5 Å². The van der Waals surface area contributed by atoms with Crippen LogP contribution in [-0.4, -0.2) is 30.4 Å². The van der Waals surface area contributed by atoms with Crippen LogP contribution in [0.1, 0.15) is 67.7 Å². The lowest BCUT2D eigenvalue weighted by atomic mass is 9.70. The molecule has 7 nitrogen and oxygen atoms in total. The fourth-order valence-electron chi connectivity index (χ4n) is 4.88. The molecule has 2 aliphatic rings. The number of halogens is 3. The van der Waals surface area contributed by atoms with Gasteiger partial charge in [-0.25, -0.2) is 13.2 Å². The van der Waals surface area contributed by atoms with E-state index in [1.165, 1.54) is 12.1 Å². The van der Waals surface area contributed by atoms with Gasteiger partial charge >= 0.3 is 0 Å². The van der Waals surface area contributed by atoms with Crippen LogP contribution in [0.2, 0.25) is 0 Å². The Morgan fingerprint density at radius 2 is 2.03 bits per heavy atom. The summed E-state index contributed by atoms with van der Waals surface area (Å²) in [5.41, 5.74) is 2.21. The average molecular weight is 485 g/mol. The number of fused-ring (bicyclic) bond motifs is 3. The Balaban J connectivity index is 1.49. The highest BCUT2D eigenvalue weighted by atomic mass is 19.3. The van der Waals surface area contributed by atoms with Gasteiger partial charge in [-0.3, -0.25) is 9.20 Å². The van der Waals surface area contributed by atoms with Crippen molar-refractivity contribution in [1.29, 1.82) is 0 Å². The summed E-state index contributed by atoms with van der Waals surface area (Å²) in [5, 5.41) is 11.6. The predicted molar refractivity (Wildman–Crippen MR) is 124 cm³/mol. The number of benzene rings is 1. The summed E-state index contributed by atoms with van der Waals surface area (Å²) >= 11 is 0. The zero-order chi connectivity index (χ0) is 25.0. The lowest BCUT2D eigenvalue weighted by Gasteiger charge is -2.37. The van der Waals surface area contributed by atoms with E-state index >= 15 is 0 Å². The van der Waals surface area contributed by atoms with E-state index in [-0.39, 0.29) is 35.8 Å². The van der Waals surface area contributed by atoms with Crippen molar-refractivity contribution in [3.8, 4) is 0 Å². The molecular formula is C25H27F3N6O. The van der Waals surface area contributed by atoms with E-state index < -0.39 is 17.8 Å². The zero-order valence-electron chi connectivity index (χ0n) is 19.9. The third kappa shape index (κ3) is 3.84. The number of aromatic nitrogens is 4. The van der Waals surface area contributed by atoms with Gasteiger partial charge in [0.15, 0.2) is 0 Å². The van der Waals surface area contributed by atoms with Crippen molar-refractivity contribution in [3.63, 3.8) is 0 Å². The number of allylic oxidation sites excluding steroid dienone is 1. The van der Waals surface area contributed by atoms with E-state index in [9.17, 15) is 18.0 Å². The van der Waals surface area contributed by atoms with Gasteiger partial charge in [0.2, 0.25) is 5.91 Å². The third-order valence-corrected chi connectivity index (χ3v) is 7.14. The van der Waals surface area contributed by atoms with Crippen molar-refractivity contribution in [3.05, 3.63) is 64.4 Å². The van der Waals surface area contributed by atoms with Gasteiger partial charge in [0, 0.05) is 29.5 Å². The molecule has 0 spiro atoms.